The van der Waals surface area contributed by atoms with Crippen molar-refractivity contribution in [3.8, 4) is 6.07 Å². The second kappa shape index (κ2) is 5.46. The summed E-state index contributed by atoms with van der Waals surface area (Å²) in [4.78, 5) is 16.0. The minimum atomic E-state index is -4.48. The number of rotatable bonds is 2. The van der Waals surface area contributed by atoms with E-state index in [1.165, 1.54) is 19.3 Å². The predicted octanol–water partition coefficient (Wildman–Crippen LogP) is 3.39. The summed E-state index contributed by atoms with van der Waals surface area (Å²) in [7, 11) is 1.37. The molecule has 23 heavy (non-hydrogen) atoms. The Morgan fingerprint density at radius 2 is 2.00 bits per heavy atom. The first-order valence-corrected chi connectivity index (χ1v) is 6.82. The summed E-state index contributed by atoms with van der Waals surface area (Å²) in [5.41, 5.74) is -2.83. The van der Waals surface area contributed by atoms with E-state index in [1.54, 1.807) is 13.8 Å². The number of alkyl halides is 3. The molecule has 0 saturated carbocycles. The Hall–Kier alpha value is -2.20. The summed E-state index contributed by atoms with van der Waals surface area (Å²) in [5.74, 6) is -0.320. The van der Waals surface area contributed by atoms with Crippen molar-refractivity contribution in [2.75, 3.05) is 7.11 Å². The molecule has 0 fully saturated rings. The summed E-state index contributed by atoms with van der Waals surface area (Å²) in [5, 5.41) is 9.16. The van der Waals surface area contributed by atoms with Crippen LogP contribution < -0.4 is 0 Å². The number of pyridine rings is 1. The molecule has 4 nitrogen and oxygen atoms in total. The zero-order chi connectivity index (χ0) is 17.5. The molecule has 2 rings (SSSR count). The van der Waals surface area contributed by atoms with Gasteiger partial charge in [0.2, 0.25) is 0 Å². The van der Waals surface area contributed by atoms with Gasteiger partial charge in [-0.25, -0.2) is 0 Å². The van der Waals surface area contributed by atoms with E-state index >= 15 is 0 Å². The molecule has 1 aliphatic carbocycles. The highest BCUT2D eigenvalue weighted by Gasteiger charge is 2.47. The van der Waals surface area contributed by atoms with E-state index in [9.17, 15) is 18.0 Å². The van der Waals surface area contributed by atoms with E-state index < -0.39 is 22.8 Å². The van der Waals surface area contributed by atoms with Crippen LogP contribution in [0.2, 0.25) is 0 Å². The van der Waals surface area contributed by atoms with Gasteiger partial charge < -0.3 is 4.74 Å². The fourth-order valence-corrected chi connectivity index (χ4v) is 2.75. The molecule has 1 unspecified atom stereocenters. The first-order chi connectivity index (χ1) is 10.6. The quantitative estimate of drug-likeness (QED) is 0.836. The van der Waals surface area contributed by atoms with Gasteiger partial charge in [0.05, 0.1) is 16.8 Å². The lowest BCUT2D eigenvalue weighted by Crippen LogP contribution is -2.42. The molecule has 1 atom stereocenters. The van der Waals surface area contributed by atoms with Crippen LogP contribution in [0.3, 0.4) is 0 Å². The Bertz CT molecular complexity index is 700. The molecule has 0 aromatic carbocycles. The largest absolute Gasteiger partial charge is 0.417 e. The van der Waals surface area contributed by atoms with Crippen molar-refractivity contribution in [2.45, 2.75) is 32.0 Å². The molecule has 1 aromatic rings. The summed E-state index contributed by atoms with van der Waals surface area (Å²) in [6.45, 7) is 3.33. The lowest BCUT2D eigenvalue weighted by molar-refractivity contribution is -0.137. The number of methoxy groups -OCH3 is 1. The lowest BCUT2D eigenvalue weighted by Gasteiger charge is -2.39. The van der Waals surface area contributed by atoms with Gasteiger partial charge in [-0.05, 0) is 24.6 Å². The molecule has 0 aliphatic heterocycles. The van der Waals surface area contributed by atoms with Gasteiger partial charge in [-0.3, -0.25) is 9.78 Å². The number of allylic oxidation sites excluding steroid dienone is 1. The van der Waals surface area contributed by atoms with E-state index in [2.05, 4.69) is 4.98 Å². The van der Waals surface area contributed by atoms with E-state index in [0.29, 0.717) is 0 Å². The maximum Gasteiger partial charge on any atom is 0.417 e. The average Bonchev–Trinajstić information content (AvgIpc) is 2.49. The van der Waals surface area contributed by atoms with Gasteiger partial charge in [-0.2, -0.15) is 18.4 Å². The number of carbonyl (C=O) groups is 1. The van der Waals surface area contributed by atoms with Crippen molar-refractivity contribution in [3.63, 3.8) is 0 Å². The summed E-state index contributed by atoms with van der Waals surface area (Å²) < 4.78 is 43.5. The zero-order valence-corrected chi connectivity index (χ0v) is 12.9. The van der Waals surface area contributed by atoms with Gasteiger partial charge in [0.15, 0.2) is 5.78 Å². The molecule has 0 amide bonds. The van der Waals surface area contributed by atoms with Crippen molar-refractivity contribution in [2.24, 2.45) is 5.41 Å². The molecule has 0 N–H and O–H groups in total. The SMILES string of the molecule is COC1(c2ccc(C(F)(F)F)cn2)C=C(C#N)C(=O)C(C)(C)C1. The number of ketones is 1. The van der Waals surface area contributed by atoms with E-state index in [0.717, 1.165) is 12.3 Å². The van der Waals surface area contributed by atoms with Gasteiger partial charge in [-0.15, -0.1) is 0 Å². The molecule has 1 heterocycles. The Morgan fingerprint density at radius 3 is 2.43 bits per heavy atom. The standard InChI is InChI=1S/C16H15F3N2O2/c1-14(2)9-15(23-3,6-10(7-20)13(14)22)12-5-4-11(8-21-12)16(17,18)19/h4-6,8H,9H2,1-3H3. The third-order valence-electron chi connectivity index (χ3n) is 3.95. The van der Waals surface area contributed by atoms with Crippen LogP contribution in [-0.2, 0) is 21.3 Å². The maximum absolute atomic E-state index is 12.7. The fourth-order valence-electron chi connectivity index (χ4n) is 2.75. The number of halogens is 3. The van der Waals surface area contributed by atoms with Crippen LogP contribution >= 0.6 is 0 Å². The minimum absolute atomic E-state index is 0.0789. The maximum atomic E-state index is 12.7. The van der Waals surface area contributed by atoms with Crippen LogP contribution in [0.5, 0.6) is 0 Å². The van der Waals surface area contributed by atoms with Gasteiger partial charge in [0.1, 0.15) is 11.7 Å². The lowest BCUT2D eigenvalue weighted by atomic mass is 9.68. The highest BCUT2D eigenvalue weighted by Crippen LogP contribution is 2.44. The number of Topliss-reactive ketones (excluding diaryl/α,β-unsaturated/α-hetero) is 1. The Balaban J connectivity index is 2.56. The van der Waals surface area contributed by atoms with Crippen LogP contribution in [0.25, 0.3) is 0 Å². The zero-order valence-electron chi connectivity index (χ0n) is 12.9. The summed E-state index contributed by atoms with van der Waals surface area (Å²) >= 11 is 0. The van der Waals surface area contributed by atoms with Crippen molar-refractivity contribution >= 4 is 5.78 Å². The van der Waals surface area contributed by atoms with Crippen LogP contribution in [-0.4, -0.2) is 17.9 Å². The van der Waals surface area contributed by atoms with E-state index in [-0.39, 0.29) is 23.5 Å². The molecule has 0 bridgehead atoms. The number of hydrogen-bond acceptors (Lipinski definition) is 4. The number of nitrogens with zero attached hydrogens (tertiary/aromatic N) is 2. The Labute approximate surface area is 131 Å². The molecule has 0 spiro atoms. The smallest absolute Gasteiger partial charge is 0.368 e. The van der Waals surface area contributed by atoms with Gasteiger partial charge in [0.25, 0.3) is 0 Å². The first kappa shape index (κ1) is 17.2. The predicted molar refractivity (Wildman–Crippen MR) is 75.0 cm³/mol. The average molecular weight is 324 g/mol. The molecule has 0 radical (unpaired) electrons. The monoisotopic (exact) mass is 324 g/mol. The van der Waals surface area contributed by atoms with Crippen molar-refractivity contribution in [1.82, 2.24) is 4.98 Å². The number of ether oxygens (including phenoxy) is 1. The number of carbonyl (C=O) groups excluding carboxylic acids is 1. The van der Waals surface area contributed by atoms with E-state index in [1.807, 2.05) is 6.07 Å². The van der Waals surface area contributed by atoms with Crippen LogP contribution in [0, 0.1) is 16.7 Å². The molecule has 122 valence electrons. The Kier molecular flexibility index (Phi) is 4.07. The molecule has 7 heteroatoms. The molecule has 1 aromatic heterocycles. The number of nitriles is 1. The van der Waals surface area contributed by atoms with Crippen molar-refractivity contribution in [1.29, 1.82) is 5.26 Å². The van der Waals surface area contributed by atoms with Crippen LogP contribution in [0.4, 0.5) is 13.2 Å². The number of hydrogen-bond donors (Lipinski definition) is 0. The summed E-state index contributed by atoms with van der Waals surface area (Å²) in [6.07, 6.45) is -2.24. The second-order valence-electron chi connectivity index (χ2n) is 6.08. The van der Waals surface area contributed by atoms with Gasteiger partial charge in [0, 0.05) is 18.7 Å². The molecule has 1 aliphatic rings. The minimum Gasteiger partial charge on any atom is -0.368 e. The van der Waals surface area contributed by atoms with Gasteiger partial charge >= 0.3 is 6.18 Å². The number of aromatic nitrogens is 1. The van der Waals surface area contributed by atoms with Gasteiger partial charge in [-0.1, -0.05) is 13.8 Å². The van der Waals surface area contributed by atoms with Crippen LogP contribution in [0.15, 0.2) is 30.0 Å². The van der Waals surface area contributed by atoms with E-state index in [4.69, 9.17) is 10.00 Å². The summed E-state index contributed by atoms with van der Waals surface area (Å²) in [6, 6.07) is 3.95. The topological polar surface area (TPSA) is 63.0 Å². The third kappa shape index (κ3) is 2.99. The second-order valence-corrected chi connectivity index (χ2v) is 6.08. The highest BCUT2D eigenvalue weighted by atomic mass is 19.4. The first-order valence-electron chi connectivity index (χ1n) is 6.82. The van der Waals surface area contributed by atoms with Crippen LogP contribution in [0.1, 0.15) is 31.5 Å². The normalized spacial score (nSPS) is 24.0. The molecular formula is C16H15F3N2O2. The molecule has 0 saturated heterocycles. The fraction of sp³-hybridized carbons (Fsp3) is 0.438. The third-order valence-corrected chi connectivity index (χ3v) is 3.95. The van der Waals surface area contributed by atoms with Crippen molar-refractivity contribution < 1.29 is 22.7 Å². The van der Waals surface area contributed by atoms with Crippen molar-refractivity contribution in [3.05, 3.63) is 41.2 Å². The Morgan fingerprint density at radius 1 is 1.35 bits per heavy atom. The molecular weight excluding hydrogens is 309 g/mol. The highest BCUT2D eigenvalue weighted by molar-refractivity contribution is 6.03.